The molecule has 0 aliphatic carbocycles. The van der Waals surface area contributed by atoms with Crippen molar-refractivity contribution in [3.8, 4) is 0 Å². The number of para-hydroxylation sites is 1. The van der Waals surface area contributed by atoms with Crippen molar-refractivity contribution < 1.29 is 18.7 Å². The number of aryl methyl sites for hydroxylation is 1. The Labute approximate surface area is 127 Å². The Hall–Kier alpha value is -2.69. The molecule has 0 unspecified atom stereocenters. The average Bonchev–Trinajstić information content (AvgIpc) is 2.44. The number of ketones is 1. The second-order valence-corrected chi connectivity index (χ2v) is 4.78. The van der Waals surface area contributed by atoms with Gasteiger partial charge in [-0.3, -0.25) is 9.59 Å². The lowest BCUT2D eigenvalue weighted by atomic mass is 10.1. The molecule has 0 amide bonds. The fraction of sp³-hybridized carbons (Fsp3) is 0.235. The number of carbonyl (C=O) groups is 2. The summed E-state index contributed by atoms with van der Waals surface area (Å²) in [5, 5.41) is 0.395. The molecule has 114 valence electrons. The lowest BCUT2D eigenvalue weighted by Gasteiger charge is -2.06. The second-order valence-electron chi connectivity index (χ2n) is 4.78. The van der Waals surface area contributed by atoms with Gasteiger partial charge in [0.1, 0.15) is 16.9 Å². The summed E-state index contributed by atoms with van der Waals surface area (Å²) in [7, 11) is 0. The molecule has 1 aromatic heterocycles. The van der Waals surface area contributed by atoms with E-state index in [1.54, 1.807) is 32.0 Å². The Kier molecular flexibility index (Phi) is 4.56. The fourth-order valence-corrected chi connectivity index (χ4v) is 2.10. The molecule has 5 nitrogen and oxygen atoms in total. The van der Waals surface area contributed by atoms with Crippen molar-refractivity contribution in [1.29, 1.82) is 0 Å². The molecule has 2 aromatic rings. The first-order valence-corrected chi connectivity index (χ1v) is 6.87. The number of fused-ring (bicyclic) bond motifs is 1. The van der Waals surface area contributed by atoms with Crippen LogP contribution in [0.2, 0.25) is 0 Å². The number of esters is 1. The van der Waals surface area contributed by atoms with Crippen LogP contribution in [0.25, 0.3) is 17.0 Å². The van der Waals surface area contributed by atoms with Crippen molar-refractivity contribution in [2.75, 3.05) is 6.61 Å². The van der Waals surface area contributed by atoms with Crippen molar-refractivity contribution in [3.63, 3.8) is 0 Å². The third-order valence-electron chi connectivity index (χ3n) is 3.08. The Morgan fingerprint density at radius 2 is 2.05 bits per heavy atom. The van der Waals surface area contributed by atoms with E-state index < -0.39 is 11.8 Å². The molecule has 22 heavy (non-hydrogen) atoms. The maximum absolute atomic E-state index is 12.0. The van der Waals surface area contributed by atoms with Crippen LogP contribution in [0.1, 0.15) is 25.2 Å². The minimum absolute atomic E-state index is 0.0847. The minimum Gasteiger partial charge on any atom is -0.462 e. The lowest BCUT2D eigenvalue weighted by molar-refractivity contribution is -0.139. The number of benzene rings is 1. The zero-order valence-corrected chi connectivity index (χ0v) is 12.6. The quantitative estimate of drug-likeness (QED) is 0.375. The summed E-state index contributed by atoms with van der Waals surface area (Å²) in [6, 6.07) is 6.37. The van der Waals surface area contributed by atoms with Gasteiger partial charge < -0.3 is 9.15 Å². The highest BCUT2D eigenvalue weighted by atomic mass is 16.5. The van der Waals surface area contributed by atoms with Crippen LogP contribution in [-0.2, 0) is 14.3 Å². The summed E-state index contributed by atoms with van der Waals surface area (Å²) in [5.74, 6) is -0.647. The molecule has 0 spiro atoms. The van der Waals surface area contributed by atoms with Crippen LogP contribution in [0.3, 0.4) is 0 Å². The molecule has 0 N–H and O–H groups in total. The summed E-state index contributed by atoms with van der Waals surface area (Å²) >= 11 is 0. The number of ether oxygens (including phenoxy) is 1. The van der Waals surface area contributed by atoms with E-state index in [9.17, 15) is 14.4 Å². The van der Waals surface area contributed by atoms with Crippen molar-refractivity contribution in [3.05, 3.63) is 51.4 Å². The van der Waals surface area contributed by atoms with Gasteiger partial charge in [-0.15, -0.1) is 0 Å². The van der Waals surface area contributed by atoms with Crippen LogP contribution < -0.4 is 5.43 Å². The number of hydrogen-bond donors (Lipinski definition) is 0. The zero-order valence-electron chi connectivity index (χ0n) is 12.6. The Balaban J connectivity index is 2.68. The predicted molar refractivity (Wildman–Crippen MR) is 82.5 cm³/mol. The highest BCUT2D eigenvalue weighted by molar-refractivity contribution is 6.20. The van der Waals surface area contributed by atoms with Crippen molar-refractivity contribution in [2.24, 2.45) is 0 Å². The van der Waals surface area contributed by atoms with Gasteiger partial charge in [0.05, 0.1) is 12.0 Å². The predicted octanol–water partition coefficient (Wildman–Crippen LogP) is 2.64. The van der Waals surface area contributed by atoms with E-state index in [0.29, 0.717) is 22.3 Å². The van der Waals surface area contributed by atoms with Gasteiger partial charge in [-0.25, -0.2) is 4.79 Å². The monoisotopic (exact) mass is 300 g/mol. The van der Waals surface area contributed by atoms with Crippen LogP contribution in [-0.4, -0.2) is 18.4 Å². The first-order valence-electron chi connectivity index (χ1n) is 6.87. The van der Waals surface area contributed by atoms with Crippen molar-refractivity contribution in [1.82, 2.24) is 0 Å². The maximum Gasteiger partial charge on any atom is 0.341 e. The first-order chi connectivity index (χ1) is 10.4. The zero-order chi connectivity index (χ0) is 16.3. The highest BCUT2D eigenvalue weighted by Crippen LogP contribution is 2.20. The molecule has 5 heteroatoms. The topological polar surface area (TPSA) is 73.6 Å². The number of Topliss-reactive ketones (excluding diaryl/α,β-unsaturated/α-hetero) is 1. The van der Waals surface area contributed by atoms with Crippen LogP contribution in [0.5, 0.6) is 0 Å². The summed E-state index contributed by atoms with van der Waals surface area (Å²) in [5.41, 5.74) is 0.570. The van der Waals surface area contributed by atoms with E-state index in [4.69, 9.17) is 9.15 Å². The fourth-order valence-electron chi connectivity index (χ4n) is 2.10. The molecule has 0 radical (unpaired) electrons. The molecule has 0 aliphatic heterocycles. The van der Waals surface area contributed by atoms with Gasteiger partial charge in [0.2, 0.25) is 0 Å². The summed E-state index contributed by atoms with van der Waals surface area (Å²) in [4.78, 5) is 35.5. The second kappa shape index (κ2) is 6.39. The summed E-state index contributed by atoms with van der Waals surface area (Å²) < 4.78 is 10.5. The average molecular weight is 300 g/mol. The van der Waals surface area contributed by atoms with E-state index in [1.165, 1.54) is 19.1 Å². The molecule has 0 aliphatic rings. The molecule has 0 saturated heterocycles. The van der Waals surface area contributed by atoms with E-state index in [1.807, 2.05) is 0 Å². The van der Waals surface area contributed by atoms with Gasteiger partial charge in [-0.1, -0.05) is 12.1 Å². The third-order valence-corrected chi connectivity index (χ3v) is 3.08. The Morgan fingerprint density at radius 1 is 1.32 bits per heavy atom. The van der Waals surface area contributed by atoms with Gasteiger partial charge in [-0.2, -0.15) is 0 Å². The van der Waals surface area contributed by atoms with E-state index in [2.05, 4.69) is 0 Å². The molecule has 1 aromatic carbocycles. The SMILES string of the molecule is CCOC(=O)/C(=C/c1cccc2c(=O)cc(C)oc12)C(C)=O. The maximum atomic E-state index is 12.0. The molecule has 1 heterocycles. The van der Waals surface area contributed by atoms with E-state index in [-0.39, 0.29) is 17.6 Å². The van der Waals surface area contributed by atoms with Gasteiger partial charge in [0.15, 0.2) is 11.2 Å². The van der Waals surface area contributed by atoms with Gasteiger partial charge in [0, 0.05) is 11.6 Å². The van der Waals surface area contributed by atoms with Crippen molar-refractivity contribution in [2.45, 2.75) is 20.8 Å². The molecule has 2 rings (SSSR count). The summed E-state index contributed by atoms with van der Waals surface area (Å²) in [6.07, 6.45) is 1.39. The van der Waals surface area contributed by atoms with Crippen LogP contribution in [0.15, 0.2) is 39.1 Å². The van der Waals surface area contributed by atoms with Crippen LogP contribution in [0.4, 0.5) is 0 Å². The summed E-state index contributed by atoms with van der Waals surface area (Å²) in [6.45, 7) is 4.79. The number of carbonyl (C=O) groups excluding carboxylic acids is 2. The van der Waals surface area contributed by atoms with E-state index >= 15 is 0 Å². The smallest absolute Gasteiger partial charge is 0.341 e. The molecular formula is C17H16O5. The molecule has 0 bridgehead atoms. The van der Waals surface area contributed by atoms with Crippen LogP contribution >= 0.6 is 0 Å². The molecule has 0 fully saturated rings. The molecular weight excluding hydrogens is 284 g/mol. The lowest BCUT2D eigenvalue weighted by Crippen LogP contribution is -2.13. The largest absolute Gasteiger partial charge is 0.462 e. The number of rotatable bonds is 4. The Bertz CT molecular complexity index is 827. The standard InChI is InChI=1S/C17H16O5/c1-4-21-17(20)14(11(3)18)9-12-6-5-7-13-15(19)8-10(2)22-16(12)13/h5-9H,4H2,1-3H3/b14-9+. The van der Waals surface area contributed by atoms with Gasteiger partial charge in [-0.05, 0) is 32.9 Å². The third kappa shape index (κ3) is 3.14. The molecule has 0 atom stereocenters. The Morgan fingerprint density at radius 3 is 2.68 bits per heavy atom. The van der Waals surface area contributed by atoms with Gasteiger partial charge in [0.25, 0.3) is 0 Å². The molecule has 0 saturated carbocycles. The number of hydrogen-bond acceptors (Lipinski definition) is 5. The first kappa shape index (κ1) is 15.7. The van der Waals surface area contributed by atoms with E-state index in [0.717, 1.165) is 0 Å². The van der Waals surface area contributed by atoms with Crippen molar-refractivity contribution >= 4 is 28.8 Å². The normalized spacial score (nSPS) is 11.5. The highest BCUT2D eigenvalue weighted by Gasteiger charge is 2.17. The van der Waals surface area contributed by atoms with Gasteiger partial charge >= 0.3 is 5.97 Å². The van der Waals surface area contributed by atoms with Crippen LogP contribution in [0, 0.1) is 6.92 Å². The minimum atomic E-state index is -0.693.